The van der Waals surface area contributed by atoms with E-state index in [0.29, 0.717) is 0 Å². The normalized spacial score (nSPS) is 16.3. The molecule has 1 fully saturated rings. The Labute approximate surface area is 182 Å². The number of nitrogens with one attached hydrogen (secondary N) is 2. The van der Waals surface area contributed by atoms with Gasteiger partial charge in [-0.05, 0) is 52.9 Å². The van der Waals surface area contributed by atoms with Crippen molar-refractivity contribution in [1.82, 2.24) is 10.6 Å². The number of aliphatic imine (C=N–C) groups is 1. The highest BCUT2D eigenvalue weighted by atomic mass is 127. The lowest BCUT2D eigenvalue weighted by molar-refractivity contribution is 0.0513. The van der Waals surface area contributed by atoms with Crippen molar-refractivity contribution < 1.29 is 9.47 Å². The lowest BCUT2D eigenvalue weighted by Crippen LogP contribution is -2.47. The van der Waals surface area contributed by atoms with Gasteiger partial charge >= 0.3 is 0 Å². The molecule has 2 N–H and O–H groups in total. The highest BCUT2D eigenvalue weighted by molar-refractivity contribution is 14.0. The molecule has 0 bridgehead atoms. The van der Waals surface area contributed by atoms with E-state index < -0.39 is 0 Å². The molecular weight excluding hydrogens is 473 g/mol. The summed E-state index contributed by atoms with van der Waals surface area (Å²) < 4.78 is 10.9. The average molecular weight is 501 g/mol. The van der Waals surface area contributed by atoms with Crippen LogP contribution in [0.2, 0.25) is 0 Å². The van der Waals surface area contributed by atoms with E-state index in [-0.39, 0.29) is 29.4 Å². The van der Waals surface area contributed by atoms with Crippen LogP contribution in [0.1, 0.15) is 24.0 Å². The second-order valence-electron chi connectivity index (χ2n) is 6.53. The predicted molar refractivity (Wildman–Crippen MR) is 123 cm³/mol. The molecule has 0 radical (unpaired) electrons. The topological polar surface area (TPSA) is 54.9 Å². The van der Waals surface area contributed by atoms with Gasteiger partial charge in [0.1, 0.15) is 5.75 Å². The summed E-state index contributed by atoms with van der Waals surface area (Å²) in [5.41, 5.74) is 2.64. The van der Waals surface area contributed by atoms with Crippen LogP contribution in [0.25, 0.3) is 0 Å². The van der Waals surface area contributed by atoms with Gasteiger partial charge in [0.2, 0.25) is 0 Å². The van der Waals surface area contributed by atoms with Gasteiger partial charge in [-0.25, -0.2) is 0 Å². The van der Waals surface area contributed by atoms with Crippen molar-refractivity contribution in [3.05, 3.63) is 52.2 Å². The average Bonchev–Trinajstić information content (AvgIpc) is 3.22. The van der Waals surface area contributed by atoms with Gasteiger partial charge in [-0.15, -0.1) is 24.0 Å². The van der Waals surface area contributed by atoms with Crippen molar-refractivity contribution in [1.29, 1.82) is 0 Å². The van der Waals surface area contributed by atoms with Gasteiger partial charge in [-0.2, -0.15) is 11.3 Å². The molecule has 1 aromatic heterocycles. The van der Waals surface area contributed by atoms with E-state index in [0.717, 1.165) is 50.9 Å². The van der Waals surface area contributed by atoms with Gasteiger partial charge in [0.25, 0.3) is 0 Å². The summed E-state index contributed by atoms with van der Waals surface area (Å²) in [6.07, 6.45) is 1.99. The number of benzene rings is 1. The van der Waals surface area contributed by atoms with Crippen molar-refractivity contribution in [2.45, 2.75) is 24.8 Å². The molecule has 2 heterocycles. The largest absolute Gasteiger partial charge is 0.497 e. The minimum absolute atomic E-state index is 0. The third kappa shape index (κ3) is 5.83. The Bertz CT molecular complexity index is 699. The van der Waals surface area contributed by atoms with Crippen LogP contribution in [-0.2, 0) is 16.7 Å². The Kier molecular flexibility index (Phi) is 8.85. The maximum absolute atomic E-state index is 5.62. The van der Waals surface area contributed by atoms with Gasteiger partial charge in [0.15, 0.2) is 5.96 Å². The molecule has 0 atom stereocenters. The minimum atomic E-state index is 0. The number of halogens is 1. The molecule has 1 saturated heterocycles. The van der Waals surface area contributed by atoms with E-state index >= 15 is 0 Å². The van der Waals surface area contributed by atoms with E-state index in [2.05, 4.69) is 44.6 Å². The molecule has 2 aromatic rings. The van der Waals surface area contributed by atoms with Crippen molar-refractivity contribution in [2.75, 3.05) is 33.9 Å². The first-order valence-electron chi connectivity index (χ1n) is 8.94. The van der Waals surface area contributed by atoms with Crippen LogP contribution in [0.4, 0.5) is 0 Å². The van der Waals surface area contributed by atoms with Crippen LogP contribution < -0.4 is 15.4 Å². The highest BCUT2D eigenvalue weighted by Gasteiger charge is 2.34. The maximum atomic E-state index is 5.62. The Hall–Kier alpha value is -1.32. The fourth-order valence-corrected chi connectivity index (χ4v) is 4.00. The summed E-state index contributed by atoms with van der Waals surface area (Å²) in [5.74, 6) is 1.72. The number of methoxy groups -OCH3 is 1. The lowest BCUT2D eigenvalue weighted by atomic mass is 9.74. The van der Waals surface area contributed by atoms with Crippen LogP contribution >= 0.6 is 35.3 Å². The van der Waals surface area contributed by atoms with Gasteiger partial charge in [0.05, 0.1) is 7.11 Å². The second kappa shape index (κ2) is 10.9. The SMILES string of the molecule is CN=C(NCc1ccsc1)NCC1(c2ccc(OC)cc2)CCOCC1.I. The zero-order valence-corrected chi connectivity index (χ0v) is 19.0. The number of thiophene rings is 1. The predicted octanol–water partition coefficient (Wildman–Crippen LogP) is 3.79. The Balaban J connectivity index is 0.00000261. The Morgan fingerprint density at radius 1 is 1.19 bits per heavy atom. The first kappa shape index (κ1) is 22.0. The van der Waals surface area contributed by atoms with Crippen molar-refractivity contribution in [3.8, 4) is 5.75 Å². The second-order valence-corrected chi connectivity index (χ2v) is 7.31. The quantitative estimate of drug-likeness (QED) is 0.360. The van der Waals surface area contributed by atoms with Crippen LogP contribution in [0, 0.1) is 0 Å². The lowest BCUT2D eigenvalue weighted by Gasteiger charge is -2.38. The van der Waals surface area contributed by atoms with Gasteiger partial charge in [0, 0.05) is 38.8 Å². The molecule has 0 amide bonds. The Morgan fingerprint density at radius 2 is 1.93 bits per heavy atom. The molecule has 0 spiro atoms. The fourth-order valence-electron chi connectivity index (χ4n) is 3.33. The van der Waals surface area contributed by atoms with Crippen LogP contribution in [0.3, 0.4) is 0 Å². The maximum Gasteiger partial charge on any atom is 0.191 e. The highest BCUT2D eigenvalue weighted by Crippen LogP contribution is 2.35. The summed E-state index contributed by atoms with van der Waals surface area (Å²) in [7, 11) is 3.51. The first-order chi connectivity index (χ1) is 12.8. The van der Waals surface area contributed by atoms with Crippen LogP contribution in [0.15, 0.2) is 46.1 Å². The zero-order valence-electron chi connectivity index (χ0n) is 15.9. The first-order valence-corrected chi connectivity index (χ1v) is 9.88. The number of hydrogen-bond acceptors (Lipinski definition) is 4. The van der Waals surface area contributed by atoms with Gasteiger partial charge in [-0.3, -0.25) is 4.99 Å². The summed E-state index contributed by atoms with van der Waals surface area (Å²) in [5, 5.41) is 11.2. The molecule has 7 heteroatoms. The molecule has 0 unspecified atom stereocenters. The zero-order chi connectivity index (χ0) is 18.2. The molecule has 3 rings (SSSR count). The van der Waals surface area contributed by atoms with Crippen molar-refractivity contribution in [2.24, 2.45) is 4.99 Å². The summed E-state index contributed by atoms with van der Waals surface area (Å²) in [6.45, 7) is 3.18. The molecule has 1 aromatic carbocycles. The molecular formula is C20H28IN3O2S. The number of guanidine groups is 1. The van der Waals surface area contributed by atoms with Gasteiger partial charge < -0.3 is 20.1 Å². The van der Waals surface area contributed by atoms with Crippen molar-refractivity contribution in [3.63, 3.8) is 0 Å². The van der Waals surface area contributed by atoms with Crippen molar-refractivity contribution >= 4 is 41.3 Å². The van der Waals surface area contributed by atoms with Crippen LogP contribution in [0.5, 0.6) is 5.75 Å². The molecule has 1 aliphatic heterocycles. The van der Waals surface area contributed by atoms with E-state index in [9.17, 15) is 0 Å². The number of nitrogens with zero attached hydrogens (tertiary/aromatic N) is 1. The summed E-state index contributed by atoms with van der Waals surface area (Å²) in [6, 6.07) is 10.6. The molecule has 27 heavy (non-hydrogen) atoms. The number of hydrogen-bond donors (Lipinski definition) is 2. The third-order valence-corrected chi connectivity index (χ3v) is 5.74. The van der Waals surface area contributed by atoms with E-state index in [1.165, 1.54) is 11.1 Å². The minimum Gasteiger partial charge on any atom is -0.497 e. The molecule has 0 aliphatic carbocycles. The standard InChI is InChI=1S/C20H27N3O2S.HI/c1-21-19(22-13-16-7-12-26-14-16)23-15-20(8-10-25-11-9-20)17-3-5-18(24-2)6-4-17;/h3-7,12,14H,8-11,13,15H2,1-2H3,(H2,21,22,23);1H. The summed E-state index contributed by atoms with van der Waals surface area (Å²) >= 11 is 1.71. The molecule has 148 valence electrons. The van der Waals surface area contributed by atoms with E-state index in [1.807, 2.05) is 19.2 Å². The number of ether oxygens (including phenoxy) is 2. The van der Waals surface area contributed by atoms with Gasteiger partial charge in [-0.1, -0.05) is 12.1 Å². The molecule has 1 aliphatic rings. The smallest absolute Gasteiger partial charge is 0.191 e. The Morgan fingerprint density at radius 3 is 2.52 bits per heavy atom. The third-order valence-electron chi connectivity index (χ3n) is 5.01. The summed E-state index contributed by atoms with van der Waals surface area (Å²) in [4.78, 5) is 4.37. The fraction of sp³-hybridized carbons (Fsp3) is 0.450. The van der Waals surface area contributed by atoms with E-state index in [4.69, 9.17) is 9.47 Å². The monoisotopic (exact) mass is 501 g/mol. The number of rotatable bonds is 6. The van der Waals surface area contributed by atoms with E-state index in [1.54, 1.807) is 18.4 Å². The van der Waals surface area contributed by atoms with Crippen LogP contribution in [-0.4, -0.2) is 39.9 Å². The molecule has 5 nitrogen and oxygen atoms in total. The molecule has 0 saturated carbocycles.